The van der Waals surface area contributed by atoms with Gasteiger partial charge in [-0.05, 0) is 18.6 Å². The van der Waals surface area contributed by atoms with Crippen LogP contribution in [0, 0.1) is 6.92 Å². The van der Waals surface area contributed by atoms with Crippen molar-refractivity contribution in [3.8, 4) is 0 Å². The van der Waals surface area contributed by atoms with Crippen molar-refractivity contribution >= 4 is 22.9 Å². The highest BCUT2D eigenvalue weighted by molar-refractivity contribution is 7.09. The van der Waals surface area contributed by atoms with Crippen molar-refractivity contribution in [3.05, 3.63) is 45.9 Å². The molecule has 0 fully saturated rings. The second-order valence-corrected chi connectivity index (χ2v) is 6.07. The molecule has 1 unspecified atom stereocenters. The molecule has 4 nitrogen and oxygen atoms in total. The molecule has 1 aliphatic rings. The lowest BCUT2D eigenvalue weighted by atomic mass is 9.97. The van der Waals surface area contributed by atoms with E-state index < -0.39 is 0 Å². The van der Waals surface area contributed by atoms with Gasteiger partial charge < -0.3 is 10.6 Å². The molecule has 2 aromatic rings. The smallest absolute Gasteiger partial charge is 0.221 e. The molecule has 0 aliphatic carbocycles. The first-order valence-corrected chi connectivity index (χ1v) is 7.61. The number of aromatic nitrogens is 1. The van der Waals surface area contributed by atoms with Gasteiger partial charge in [-0.2, -0.15) is 0 Å². The zero-order chi connectivity index (χ0) is 13.9. The minimum atomic E-state index is 0.0826. The maximum atomic E-state index is 12.0. The van der Waals surface area contributed by atoms with Crippen LogP contribution in [-0.4, -0.2) is 17.4 Å². The van der Waals surface area contributed by atoms with E-state index in [1.54, 1.807) is 11.3 Å². The molecule has 0 radical (unpaired) electrons. The lowest BCUT2D eigenvalue weighted by Crippen LogP contribution is -2.25. The van der Waals surface area contributed by atoms with Crippen LogP contribution in [0.3, 0.4) is 0 Å². The van der Waals surface area contributed by atoms with Gasteiger partial charge >= 0.3 is 0 Å². The van der Waals surface area contributed by atoms with Gasteiger partial charge in [-0.15, -0.1) is 11.3 Å². The predicted molar refractivity (Wildman–Crippen MR) is 81.0 cm³/mol. The topological polar surface area (TPSA) is 54.0 Å². The number of hydrogen-bond donors (Lipinski definition) is 2. The lowest BCUT2D eigenvalue weighted by molar-refractivity contribution is -0.121. The number of fused-ring (bicyclic) bond motifs is 1. The van der Waals surface area contributed by atoms with Gasteiger partial charge in [-0.3, -0.25) is 4.79 Å². The highest BCUT2D eigenvalue weighted by Gasteiger charge is 2.23. The second kappa shape index (κ2) is 5.63. The van der Waals surface area contributed by atoms with Crippen LogP contribution in [0.25, 0.3) is 0 Å². The summed E-state index contributed by atoms with van der Waals surface area (Å²) in [5.74, 6) is 0.350. The van der Waals surface area contributed by atoms with Gasteiger partial charge in [0.15, 0.2) is 0 Å². The van der Waals surface area contributed by atoms with Crippen molar-refractivity contribution in [1.29, 1.82) is 0 Å². The number of amides is 1. The molecule has 1 amide bonds. The van der Waals surface area contributed by atoms with Gasteiger partial charge in [-0.1, -0.05) is 18.2 Å². The number of carbonyl (C=O) groups is 1. The summed E-state index contributed by atoms with van der Waals surface area (Å²) in [5, 5.41) is 9.31. The monoisotopic (exact) mass is 287 g/mol. The maximum absolute atomic E-state index is 12.0. The van der Waals surface area contributed by atoms with Crippen LogP contribution in [0.15, 0.2) is 29.6 Å². The number of carbonyl (C=O) groups excluding carboxylic acids is 1. The van der Waals surface area contributed by atoms with Crippen molar-refractivity contribution < 1.29 is 4.79 Å². The Hall–Kier alpha value is -1.88. The zero-order valence-electron chi connectivity index (χ0n) is 11.3. The summed E-state index contributed by atoms with van der Waals surface area (Å²) >= 11 is 1.61. The molecule has 0 bridgehead atoms. The van der Waals surface area contributed by atoms with Crippen LogP contribution in [0.5, 0.6) is 0 Å². The predicted octanol–water partition coefficient (Wildman–Crippen LogP) is 2.67. The molecule has 104 valence electrons. The Morgan fingerprint density at radius 3 is 3.15 bits per heavy atom. The van der Waals surface area contributed by atoms with Crippen molar-refractivity contribution in [3.63, 3.8) is 0 Å². The average molecular weight is 287 g/mol. The van der Waals surface area contributed by atoms with E-state index in [4.69, 9.17) is 0 Å². The highest BCUT2D eigenvalue weighted by Crippen LogP contribution is 2.32. The summed E-state index contributed by atoms with van der Waals surface area (Å²) in [6.45, 7) is 3.32. The highest BCUT2D eigenvalue weighted by atomic mass is 32.1. The molecular weight excluding hydrogens is 270 g/mol. The molecule has 1 aromatic carbocycles. The first-order valence-electron chi connectivity index (χ1n) is 6.73. The van der Waals surface area contributed by atoms with Crippen LogP contribution in [0.4, 0.5) is 5.69 Å². The van der Waals surface area contributed by atoms with E-state index in [0.717, 1.165) is 22.9 Å². The van der Waals surface area contributed by atoms with E-state index in [1.165, 1.54) is 5.56 Å². The minimum absolute atomic E-state index is 0.0826. The van der Waals surface area contributed by atoms with Crippen LogP contribution in [0.1, 0.15) is 28.6 Å². The normalized spacial score (nSPS) is 16.6. The summed E-state index contributed by atoms with van der Waals surface area (Å²) in [4.78, 5) is 16.4. The Balaban J connectivity index is 1.55. The summed E-state index contributed by atoms with van der Waals surface area (Å²) in [5.41, 5.74) is 3.33. The quantitative estimate of drug-likeness (QED) is 0.909. The lowest BCUT2D eigenvalue weighted by Gasteiger charge is -2.10. The van der Waals surface area contributed by atoms with E-state index in [-0.39, 0.29) is 11.8 Å². The molecule has 3 rings (SSSR count). The van der Waals surface area contributed by atoms with Gasteiger partial charge in [0.1, 0.15) is 0 Å². The van der Waals surface area contributed by atoms with Crippen LogP contribution in [-0.2, 0) is 11.3 Å². The molecule has 2 N–H and O–H groups in total. The molecule has 1 aromatic heterocycles. The van der Waals surface area contributed by atoms with Gasteiger partial charge in [0.05, 0.1) is 17.2 Å². The number of para-hydroxylation sites is 1. The average Bonchev–Trinajstić information content (AvgIpc) is 3.04. The Labute approximate surface area is 122 Å². The molecule has 1 aliphatic heterocycles. The van der Waals surface area contributed by atoms with E-state index >= 15 is 0 Å². The standard InChI is InChI=1S/C15H17N3OS/c1-10-18-12(9-20-10)8-17-15(19)6-11-7-16-14-5-3-2-4-13(11)14/h2-5,9,11,16H,6-8H2,1H3,(H,17,19). The third-order valence-electron chi connectivity index (χ3n) is 3.50. The number of thiazole rings is 1. The molecule has 5 heteroatoms. The fourth-order valence-electron chi connectivity index (χ4n) is 2.51. The van der Waals surface area contributed by atoms with Gasteiger partial charge in [-0.25, -0.2) is 4.98 Å². The van der Waals surface area contributed by atoms with E-state index in [0.29, 0.717) is 13.0 Å². The summed E-state index contributed by atoms with van der Waals surface area (Å²) in [6, 6.07) is 8.19. The number of anilines is 1. The number of aryl methyl sites for hydroxylation is 1. The van der Waals surface area contributed by atoms with Crippen LogP contribution >= 0.6 is 11.3 Å². The number of hydrogen-bond acceptors (Lipinski definition) is 4. The minimum Gasteiger partial charge on any atom is -0.384 e. The van der Waals surface area contributed by atoms with Gasteiger partial charge in [0, 0.05) is 30.0 Å². The van der Waals surface area contributed by atoms with Crippen LogP contribution in [0.2, 0.25) is 0 Å². The summed E-state index contributed by atoms with van der Waals surface area (Å²) in [7, 11) is 0. The molecule has 1 atom stereocenters. The van der Waals surface area contributed by atoms with E-state index in [9.17, 15) is 4.79 Å². The van der Waals surface area contributed by atoms with Crippen LogP contribution < -0.4 is 10.6 Å². The Morgan fingerprint density at radius 1 is 1.50 bits per heavy atom. The summed E-state index contributed by atoms with van der Waals surface area (Å²) < 4.78 is 0. The maximum Gasteiger partial charge on any atom is 0.221 e. The molecule has 2 heterocycles. The van der Waals surface area contributed by atoms with Crippen molar-refractivity contribution in [2.75, 3.05) is 11.9 Å². The molecule has 20 heavy (non-hydrogen) atoms. The fourth-order valence-corrected chi connectivity index (χ4v) is 3.13. The van der Waals surface area contributed by atoms with Crippen molar-refractivity contribution in [2.45, 2.75) is 25.8 Å². The largest absolute Gasteiger partial charge is 0.384 e. The molecule has 0 spiro atoms. The number of nitrogens with zero attached hydrogens (tertiary/aromatic N) is 1. The van der Waals surface area contributed by atoms with Crippen molar-refractivity contribution in [2.24, 2.45) is 0 Å². The Kier molecular flexibility index (Phi) is 3.69. The SMILES string of the molecule is Cc1nc(CNC(=O)CC2CNc3ccccc32)cs1. The van der Waals surface area contributed by atoms with Gasteiger partial charge in [0.25, 0.3) is 0 Å². The summed E-state index contributed by atoms with van der Waals surface area (Å²) in [6.07, 6.45) is 0.521. The number of rotatable bonds is 4. The molecule has 0 saturated heterocycles. The van der Waals surface area contributed by atoms with Gasteiger partial charge in [0.2, 0.25) is 5.91 Å². The number of nitrogens with one attached hydrogen (secondary N) is 2. The Bertz CT molecular complexity index is 623. The first-order chi connectivity index (χ1) is 9.72. The van der Waals surface area contributed by atoms with E-state index in [2.05, 4.69) is 27.8 Å². The first kappa shape index (κ1) is 13.1. The van der Waals surface area contributed by atoms with Crippen molar-refractivity contribution in [1.82, 2.24) is 10.3 Å². The second-order valence-electron chi connectivity index (χ2n) is 5.00. The molecular formula is C15H17N3OS. The third-order valence-corrected chi connectivity index (χ3v) is 4.33. The Morgan fingerprint density at radius 2 is 2.35 bits per heavy atom. The third kappa shape index (κ3) is 2.82. The fraction of sp³-hybridized carbons (Fsp3) is 0.333. The zero-order valence-corrected chi connectivity index (χ0v) is 12.2. The van der Waals surface area contributed by atoms with E-state index in [1.807, 2.05) is 24.4 Å². The molecule has 0 saturated carbocycles. The number of benzene rings is 1.